The molecule has 1 N–H and O–H groups in total. The van der Waals surface area contributed by atoms with Crippen molar-refractivity contribution in [3.63, 3.8) is 0 Å². The molecule has 2 heterocycles. The molecule has 0 unspecified atom stereocenters. The van der Waals surface area contributed by atoms with Crippen LogP contribution in [-0.4, -0.2) is 32.9 Å². The van der Waals surface area contributed by atoms with E-state index in [4.69, 9.17) is 12.2 Å². The van der Waals surface area contributed by atoms with Gasteiger partial charge in [0, 0.05) is 25.2 Å². The van der Waals surface area contributed by atoms with Crippen LogP contribution in [-0.2, 0) is 7.05 Å². The van der Waals surface area contributed by atoms with Gasteiger partial charge in [-0.05, 0) is 62.0 Å². The highest BCUT2D eigenvalue weighted by Gasteiger charge is 2.35. The summed E-state index contributed by atoms with van der Waals surface area (Å²) in [7, 11) is 1.65. The van der Waals surface area contributed by atoms with Crippen molar-refractivity contribution >= 4 is 29.0 Å². The number of nitrogens with one attached hydrogen (secondary N) is 1. The fraction of sp³-hybridized carbons (Fsp3) is 0.550. The molecule has 26 heavy (non-hydrogen) atoms. The molecular formula is C20H25N3O2S. The second-order valence-corrected chi connectivity index (χ2v) is 8.05. The average Bonchev–Trinajstić information content (AvgIpc) is 3.15. The maximum absolute atomic E-state index is 13.2. The van der Waals surface area contributed by atoms with E-state index in [1.165, 1.54) is 36.7 Å². The molecule has 2 aromatic rings. The molecule has 2 aliphatic rings. The van der Waals surface area contributed by atoms with E-state index in [0.717, 1.165) is 19.4 Å². The van der Waals surface area contributed by atoms with Gasteiger partial charge < -0.3 is 9.88 Å². The van der Waals surface area contributed by atoms with Gasteiger partial charge in [-0.3, -0.25) is 14.2 Å². The standard InChI is InChI=1S/C20H25N3O2S/c1-22-19(25)15-10-9-14(12-16(15)21-20(22)26)18(24)23-11-5-8-17(23)13-6-3-2-4-7-13/h9-10,12-13,17H,2-8,11H2,1H3,(H,21,26)/t17-/m1/s1. The fourth-order valence-electron chi connectivity index (χ4n) is 4.66. The zero-order valence-corrected chi connectivity index (χ0v) is 16.0. The SMILES string of the molecule is Cn1c(=S)[nH]c2cc(C(=O)N3CCC[C@@H]3C3CCCCC3)ccc2c1=O. The van der Waals surface area contributed by atoms with Gasteiger partial charge in [0.2, 0.25) is 0 Å². The molecule has 1 saturated carbocycles. The maximum atomic E-state index is 13.2. The molecule has 1 aliphatic heterocycles. The molecule has 1 aromatic heterocycles. The number of likely N-dealkylation sites (tertiary alicyclic amines) is 1. The quantitative estimate of drug-likeness (QED) is 0.818. The van der Waals surface area contributed by atoms with E-state index in [9.17, 15) is 9.59 Å². The van der Waals surface area contributed by atoms with Crippen molar-refractivity contribution in [2.45, 2.75) is 51.0 Å². The average molecular weight is 372 g/mol. The Hall–Kier alpha value is -1.95. The summed E-state index contributed by atoms with van der Waals surface area (Å²) >= 11 is 5.20. The third-order valence-corrected chi connectivity index (χ3v) is 6.48. The van der Waals surface area contributed by atoms with Gasteiger partial charge in [0.1, 0.15) is 0 Å². The van der Waals surface area contributed by atoms with Crippen molar-refractivity contribution in [2.75, 3.05) is 6.54 Å². The molecule has 0 bridgehead atoms. The molecule has 4 rings (SSSR count). The van der Waals surface area contributed by atoms with Gasteiger partial charge in [-0.1, -0.05) is 19.3 Å². The van der Waals surface area contributed by atoms with Crippen molar-refractivity contribution in [1.29, 1.82) is 0 Å². The molecule has 2 fully saturated rings. The topological polar surface area (TPSA) is 58.1 Å². The number of rotatable bonds is 2. The first kappa shape index (κ1) is 17.5. The minimum atomic E-state index is -0.135. The third-order valence-electron chi connectivity index (χ3n) is 6.10. The summed E-state index contributed by atoms with van der Waals surface area (Å²) in [5.74, 6) is 0.730. The van der Waals surface area contributed by atoms with E-state index in [1.807, 2.05) is 0 Å². The molecule has 0 radical (unpaired) electrons. The number of aromatic amines is 1. The van der Waals surface area contributed by atoms with Crippen LogP contribution in [0.4, 0.5) is 0 Å². The normalized spacial score (nSPS) is 21.4. The Morgan fingerprint density at radius 3 is 2.69 bits per heavy atom. The molecule has 1 aliphatic carbocycles. The second-order valence-electron chi connectivity index (χ2n) is 7.66. The number of carbonyl (C=O) groups is 1. The minimum Gasteiger partial charge on any atom is -0.335 e. The summed E-state index contributed by atoms with van der Waals surface area (Å²) < 4.78 is 1.78. The van der Waals surface area contributed by atoms with Crippen molar-refractivity contribution in [1.82, 2.24) is 14.5 Å². The zero-order chi connectivity index (χ0) is 18.3. The summed E-state index contributed by atoms with van der Waals surface area (Å²) in [5, 5.41) is 0.558. The van der Waals surface area contributed by atoms with Gasteiger partial charge in [-0.25, -0.2) is 0 Å². The Morgan fingerprint density at radius 1 is 1.15 bits per heavy atom. The van der Waals surface area contributed by atoms with Gasteiger partial charge in [-0.2, -0.15) is 0 Å². The molecule has 1 saturated heterocycles. The lowest BCUT2D eigenvalue weighted by Crippen LogP contribution is -2.40. The van der Waals surface area contributed by atoms with Crippen LogP contribution in [0.1, 0.15) is 55.3 Å². The van der Waals surface area contributed by atoms with Gasteiger partial charge in [0.05, 0.1) is 10.9 Å². The van der Waals surface area contributed by atoms with Crippen molar-refractivity contribution in [3.8, 4) is 0 Å². The lowest BCUT2D eigenvalue weighted by molar-refractivity contribution is 0.0661. The van der Waals surface area contributed by atoms with E-state index in [2.05, 4.69) is 9.88 Å². The van der Waals surface area contributed by atoms with Crippen LogP contribution >= 0.6 is 12.2 Å². The molecule has 6 heteroatoms. The number of fused-ring (bicyclic) bond motifs is 1. The lowest BCUT2D eigenvalue weighted by Gasteiger charge is -2.34. The predicted octanol–water partition coefficient (Wildman–Crippen LogP) is 3.78. The van der Waals surface area contributed by atoms with Crippen molar-refractivity contribution in [3.05, 3.63) is 38.9 Å². The van der Waals surface area contributed by atoms with Crippen LogP contribution in [0.3, 0.4) is 0 Å². The van der Waals surface area contributed by atoms with Crippen LogP contribution < -0.4 is 5.56 Å². The Labute approximate surface area is 158 Å². The number of hydrogen-bond donors (Lipinski definition) is 1. The maximum Gasteiger partial charge on any atom is 0.261 e. The number of carbonyl (C=O) groups excluding carboxylic acids is 1. The number of nitrogens with zero attached hydrogens (tertiary/aromatic N) is 2. The second kappa shape index (κ2) is 6.99. The lowest BCUT2D eigenvalue weighted by atomic mass is 9.83. The zero-order valence-electron chi connectivity index (χ0n) is 15.2. The van der Waals surface area contributed by atoms with Crippen LogP contribution in [0, 0.1) is 10.7 Å². The molecular weight excluding hydrogens is 346 g/mol. The predicted molar refractivity (Wildman–Crippen MR) is 105 cm³/mol. The Morgan fingerprint density at radius 2 is 1.92 bits per heavy atom. The highest BCUT2D eigenvalue weighted by atomic mass is 32.1. The first-order valence-corrected chi connectivity index (χ1v) is 10.0. The largest absolute Gasteiger partial charge is 0.335 e. The smallest absolute Gasteiger partial charge is 0.261 e. The van der Waals surface area contributed by atoms with E-state index < -0.39 is 0 Å². The summed E-state index contributed by atoms with van der Waals surface area (Å²) in [6.07, 6.45) is 8.61. The Balaban J connectivity index is 1.66. The van der Waals surface area contributed by atoms with E-state index in [1.54, 1.807) is 25.2 Å². The summed E-state index contributed by atoms with van der Waals surface area (Å²) in [5.41, 5.74) is 1.14. The highest BCUT2D eigenvalue weighted by molar-refractivity contribution is 7.71. The summed E-state index contributed by atoms with van der Waals surface area (Å²) in [6.45, 7) is 0.838. The first-order valence-electron chi connectivity index (χ1n) is 9.60. The van der Waals surface area contributed by atoms with Crippen molar-refractivity contribution < 1.29 is 4.79 Å². The van der Waals surface area contributed by atoms with Crippen LogP contribution in [0.2, 0.25) is 0 Å². The Bertz CT molecular complexity index is 956. The number of benzene rings is 1. The molecule has 5 nitrogen and oxygen atoms in total. The molecule has 0 spiro atoms. The number of hydrogen-bond acceptors (Lipinski definition) is 3. The van der Waals surface area contributed by atoms with E-state index in [-0.39, 0.29) is 11.5 Å². The van der Waals surface area contributed by atoms with Gasteiger partial charge in [-0.15, -0.1) is 0 Å². The van der Waals surface area contributed by atoms with Gasteiger partial charge in [0.25, 0.3) is 11.5 Å². The molecule has 138 valence electrons. The summed E-state index contributed by atoms with van der Waals surface area (Å²) in [4.78, 5) is 30.7. The van der Waals surface area contributed by atoms with Crippen LogP contribution in [0.15, 0.2) is 23.0 Å². The van der Waals surface area contributed by atoms with Gasteiger partial charge >= 0.3 is 0 Å². The molecule has 1 atom stereocenters. The Kier molecular flexibility index (Phi) is 4.69. The monoisotopic (exact) mass is 371 g/mol. The minimum absolute atomic E-state index is 0.0833. The third kappa shape index (κ3) is 3.00. The fourth-order valence-corrected chi connectivity index (χ4v) is 4.85. The van der Waals surface area contributed by atoms with Crippen LogP contribution in [0.25, 0.3) is 10.9 Å². The highest BCUT2D eigenvalue weighted by Crippen LogP contribution is 2.35. The van der Waals surface area contributed by atoms with E-state index >= 15 is 0 Å². The molecule has 1 aromatic carbocycles. The van der Waals surface area contributed by atoms with Crippen LogP contribution in [0.5, 0.6) is 0 Å². The number of aromatic nitrogens is 2. The summed E-state index contributed by atoms with van der Waals surface area (Å²) in [6, 6.07) is 5.67. The molecule has 1 amide bonds. The van der Waals surface area contributed by atoms with Gasteiger partial charge in [0.15, 0.2) is 4.77 Å². The number of amides is 1. The van der Waals surface area contributed by atoms with E-state index in [0.29, 0.717) is 33.2 Å². The number of H-pyrrole nitrogens is 1. The van der Waals surface area contributed by atoms with Crippen molar-refractivity contribution in [2.24, 2.45) is 13.0 Å². The first-order chi connectivity index (χ1) is 12.6.